The topological polar surface area (TPSA) is 94.8 Å². The summed E-state index contributed by atoms with van der Waals surface area (Å²) in [5.74, 6) is 3.99. The molecule has 2 aromatic rings. The molecule has 3 rings (SSSR count). The van der Waals surface area contributed by atoms with Crippen molar-refractivity contribution in [2.45, 2.75) is 31.8 Å². The summed E-state index contributed by atoms with van der Waals surface area (Å²) >= 11 is 0. The Labute approximate surface area is 165 Å². The maximum Gasteiger partial charge on any atom is 0.191 e. The smallest absolute Gasteiger partial charge is 0.191 e. The van der Waals surface area contributed by atoms with Gasteiger partial charge in [0, 0.05) is 43.8 Å². The molecule has 0 spiro atoms. The maximum absolute atomic E-state index is 5.51. The van der Waals surface area contributed by atoms with E-state index < -0.39 is 0 Å². The molecule has 0 bridgehead atoms. The molecular weight excluding hydrogens is 360 g/mol. The van der Waals surface area contributed by atoms with Gasteiger partial charge in [-0.05, 0) is 12.8 Å². The Morgan fingerprint density at radius 3 is 2.61 bits per heavy atom. The molecule has 0 amide bonds. The Kier molecular flexibility index (Phi) is 6.57. The molecule has 0 aliphatic carbocycles. The van der Waals surface area contributed by atoms with Crippen molar-refractivity contribution in [2.24, 2.45) is 4.99 Å². The van der Waals surface area contributed by atoms with E-state index >= 15 is 0 Å². The number of nitrogens with zero attached hydrogens (tertiary/aromatic N) is 4. The average Bonchev–Trinajstić information content (AvgIpc) is 3.20. The first kappa shape index (κ1) is 19.8. The van der Waals surface area contributed by atoms with Crippen LogP contribution in [0.3, 0.4) is 0 Å². The number of methoxy groups -OCH3 is 3. The minimum absolute atomic E-state index is 0.269. The van der Waals surface area contributed by atoms with Crippen LogP contribution >= 0.6 is 0 Å². The van der Waals surface area contributed by atoms with Crippen LogP contribution in [0.15, 0.2) is 23.5 Å². The normalized spacial score (nSPS) is 16.3. The molecule has 1 atom stereocenters. The van der Waals surface area contributed by atoms with Gasteiger partial charge in [-0.3, -0.25) is 4.99 Å². The number of fused-ring (bicyclic) bond motifs is 1. The minimum Gasteiger partial charge on any atom is -0.496 e. The quantitative estimate of drug-likeness (QED) is 0.540. The number of hydrogen-bond donors (Lipinski definition) is 2. The van der Waals surface area contributed by atoms with Crippen LogP contribution in [0.25, 0.3) is 0 Å². The number of aromatic nitrogens is 3. The van der Waals surface area contributed by atoms with Crippen LogP contribution < -0.4 is 24.8 Å². The van der Waals surface area contributed by atoms with Crippen molar-refractivity contribution < 1.29 is 14.2 Å². The van der Waals surface area contributed by atoms with Gasteiger partial charge in [0.2, 0.25) is 0 Å². The van der Waals surface area contributed by atoms with Gasteiger partial charge in [-0.25, -0.2) is 9.67 Å². The number of guanidine groups is 1. The fraction of sp³-hybridized carbons (Fsp3) is 0.526. The summed E-state index contributed by atoms with van der Waals surface area (Å²) in [6, 6.07) is 4.00. The molecule has 1 aromatic carbocycles. The lowest BCUT2D eigenvalue weighted by Gasteiger charge is -2.25. The Hall–Kier alpha value is -2.97. The molecule has 0 radical (unpaired) electrons. The van der Waals surface area contributed by atoms with E-state index in [0.717, 1.165) is 54.7 Å². The first-order chi connectivity index (χ1) is 13.7. The van der Waals surface area contributed by atoms with Crippen molar-refractivity contribution in [1.82, 2.24) is 25.4 Å². The van der Waals surface area contributed by atoms with Crippen LogP contribution in [-0.2, 0) is 19.4 Å². The molecule has 1 aliphatic heterocycles. The molecule has 9 heteroatoms. The summed E-state index contributed by atoms with van der Waals surface area (Å²) in [6.45, 7) is 1.47. The predicted molar refractivity (Wildman–Crippen MR) is 106 cm³/mol. The summed E-state index contributed by atoms with van der Waals surface area (Å²) < 4.78 is 18.3. The number of aryl methyl sites for hydroxylation is 1. The monoisotopic (exact) mass is 388 g/mol. The first-order valence-corrected chi connectivity index (χ1v) is 9.31. The van der Waals surface area contributed by atoms with Gasteiger partial charge < -0.3 is 24.8 Å². The molecule has 1 aliphatic rings. The van der Waals surface area contributed by atoms with Crippen LogP contribution in [-0.4, -0.2) is 61.7 Å². The van der Waals surface area contributed by atoms with Crippen molar-refractivity contribution in [3.8, 4) is 17.2 Å². The summed E-state index contributed by atoms with van der Waals surface area (Å²) in [6.07, 6.45) is 4.24. The summed E-state index contributed by atoms with van der Waals surface area (Å²) in [5.41, 5.74) is 0.985. The second-order valence-corrected chi connectivity index (χ2v) is 6.50. The van der Waals surface area contributed by atoms with Gasteiger partial charge in [0.05, 0.1) is 27.9 Å². The van der Waals surface area contributed by atoms with Crippen molar-refractivity contribution in [3.63, 3.8) is 0 Å². The van der Waals surface area contributed by atoms with Gasteiger partial charge in [-0.2, -0.15) is 5.10 Å². The van der Waals surface area contributed by atoms with Crippen molar-refractivity contribution in [1.29, 1.82) is 0 Å². The zero-order valence-corrected chi connectivity index (χ0v) is 16.9. The first-order valence-electron chi connectivity index (χ1n) is 9.31. The molecular formula is C19H28N6O3. The van der Waals surface area contributed by atoms with E-state index in [1.807, 2.05) is 16.8 Å². The highest BCUT2D eigenvalue weighted by molar-refractivity contribution is 5.80. The fourth-order valence-corrected chi connectivity index (χ4v) is 3.37. The Bertz CT molecular complexity index is 795. The van der Waals surface area contributed by atoms with Crippen LogP contribution in [0.1, 0.15) is 17.8 Å². The molecule has 152 valence electrons. The molecule has 2 N–H and O–H groups in total. The number of rotatable bonds is 7. The number of aliphatic imine (C=N–C) groups is 1. The zero-order chi connectivity index (χ0) is 19.9. The van der Waals surface area contributed by atoms with Crippen LogP contribution in [0.2, 0.25) is 0 Å². The highest BCUT2D eigenvalue weighted by Gasteiger charge is 2.20. The van der Waals surface area contributed by atoms with Crippen molar-refractivity contribution in [2.75, 3.05) is 34.9 Å². The van der Waals surface area contributed by atoms with E-state index in [9.17, 15) is 0 Å². The van der Waals surface area contributed by atoms with Crippen LogP contribution in [0, 0.1) is 0 Å². The van der Waals surface area contributed by atoms with Gasteiger partial charge in [-0.15, -0.1) is 0 Å². The molecule has 9 nitrogen and oxygen atoms in total. The maximum atomic E-state index is 5.51. The van der Waals surface area contributed by atoms with E-state index in [4.69, 9.17) is 14.2 Å². The second kappa shape index (κ2) is 9.29. The Balaban J connectivity index is 1.58. The van der Waals surface area contributed by atoms with E-state index in [1.165, 1.54) is 0 Å². The zero-order valence-electron chi connectivity index (χ0n) is 16.9. The Morgan fingerprint density at radius 1 is 1.21 bits per heavy atom. The fourth-order valence-electron chi connectivity index (χ4n) is 3.37. The minimum atomic E-state index is 0.269. The van der Waals surface area contributed by atoms with Gasteiger partial charge in [0.1, 0.15) is 29.4 Å². The molecule has 28 heavy (non-hydrogen) atoms. The molecule has 0 fully saturated rings. The third-order valence-electron chi connectivity index (χ3n) is 4.85. The molecule has 1 unspecified atom stereocenters. The SMILES string of the molecule is CN=C(NCCc1c(OC)cc(OC)cc1OC)NC1CCc2ncnn2C1. The van der Waals surface area contributed by atoms with Gasteiger partial charge in [-0.1, -0.05) is 0 Å². The molecule has 2 heterocycles. The summed E-state index contributed by atoms with van der Waals surface area (Å²) in [5, 5.41) is 11.1. The van der Waals surface area contributed by atoms with E-state index in [0.29, 0.717) is 12.3 Å². The molecule has 1 aromatic heterocycles. The van der Waals surface area contributed by atoms with Crippen LogP contribution in [0.4, 0.5) is 0 Å². The van der Waals surface area contributed by atoms with Crippen LogP contribution in [0.5, 0.6) is 17.2 Å². The van der Waals surface area contributed by atoms with Crippen molar-refractivity contribution >= 4 is 5.96 Å². The van der Waals surface area contributed by atoms with Crippen molar-refractivity contribution in [3.05, 3.63) is 29.8 Å². The Morgan fingerprint density at radius 2 is 1.96 bits per heavy atom. The van der Waals surface area contributed by atoms with E-state index in [-0.39, 0.29) is 6.04 Å². The van der Waals surface area contributed by atoms with Gasteiger partial charge in [0.15, 0.2) is 5.96 Å². The standard InChI is InChI=1S/C19H28N6O3/c1-20-19(24-13-5-6-18-22-12-23-25(18)11-13)21-8-7-15-16(27-3)9-14(26-2)10-17(15)28-4/h9-10,12-13H,5-8,11H2,1-4H3,(H2,20,21,24). The lowest BCUT2D eigenvalue weighted by atomic mass is 10.1. The lowest BCUT2D eigenvalue weighted by Crippen LogP contribution is -2.47. The lowest BCUT2D eigenvalue weighted by molar-refractivity contribution is 0.368. The number of nitrogens with one attached hydrogen (secondary N) is 2. The number of ether oxygens (including phenoxy) is 3. The average molecular weight is 388 g/mol. The van der Waals surface area contributed by atoms with E-state index in [1.54, 1.807) is 34.7 Å². The summed E-state index contributed by atoms with van der Waals surface area (Å²) in [4.78, 5) is 8.60. The molecule has 0 saturated carbocycles. The van der Waals surface area contributed by atoms with E-state index in [2.05, 4.69) is 25.7 Å². The summed E-state index contributed by atoms with van der Waals surface area (Å²) in [7, 11) is 6.69. The van der Waals surface area contributed by atoms with Gasteiger partial charge >= 0.3 is 0 Å². The number of benzene rings is 1. The largest absolute Gasteiger partial charge is 0.496 e. The third-order valence-corrected chi connectivity index (χ3v) is 4.85. The second-order valence-electron chi connectivity index (χ2n) is 6.50. The third kappa shape index (κ3) is 4.47. The molecule has 0 saturated heterocycles. The van der Waals surface area contributed by atoms with Gasteiger partial charge in [0.25, 0.3) is 0 Å². The highest BCUT2D eigenvalue weighted by atomic mass is 16.5. The predicted octanol–water partition coefficient (Wildman–Crippen LogP) is 1.03. The number of hydrogen-bond acceptors (Lipinski definition) is 6. The highest BCUT2D eigenvalue weighted by Crippen LogP contribution is 2.34.